The third kappa shape index (κ3) is 4.94. The van der Waals surface area contributed by atoms with E-state index in [9.17, 15) is 0 Å². The molecule has 1 saturated heterocycles. The second-order valence-electron chi connectivity index (χ2n) is 5.96. The number of piperidine rings is 1. The quantitative estimate of drug-likeness (QED) is 0.743. The van der Waals surface area contributed by atoms with E-state index in [1.807, 2.05) is 0 Å². The zero-order valence-corrected chi connectivity index (χ0v) is 11.9. The van der Waals surface area contributed by atoms with Crippen molar-refractivity contribution in [1.82, 2.24) is 4.90 Å². The predicted molar refractivity (Wildman–Crippen MR) is 73.1 cm³/mol. The van der Waals surface area contributed by atoms with Crippen molar-refractivity contribution in [2.24, 2.45) is 17.1 Å². The number of hydrogen-bond acceptors (Lipinski definition) is 3. The summed E-state index contributed by atoms with van der Waals surface area (Å²) < 4.78 is 5.28. The van der Waals surface area contributed by atoms with Gasteiger partial charge in [0, 0.05) is 20.2 Å². The Hall–Kier alpha value is -0.120. The van der Waals surface area contributed by atoms with E-state index in [0.717, 1.165) is 25.6 Å². The third-order valence-electron chi connectivity index (χ3n) is 3.96. The Bertz CT molecular complexity index is 208. The highest BCUT2D eigenvalue weighted by Gasteiger charge is 2.28. The Balaban J connectivity index is 2.43. The molecule has 0 aromatic rings. The van der Waals surface area contributed by atoms with E-state index in [2.05, 4.69) is 18.7 Å². The van der Waals surface area contributed by atoms with Gasteiger partial charge in [0.2, 0.25) is 0 Å². The second kappa shape index (κ2) is 7.34. The van der Waals surface area contributed by atoms with Crippen LogP contribution < -0.4 is 5.73 Å². The molecule has 1 rings (SSSR count). The Morgan fingerprint density at radius 2 is 2.24 bits per heavy atom. The Labute approximate surface area is 107 Å². The third-order valence-corrected chi connectivity index (χ3v) is 3.96. The molecule has 0 amide bonds. The summed E-state index contributed by atoms with van der Waals surface area (Å²) in [6, 6.07) is 0. The smallest absolute Gasteiger partial charge is 0.0502 e. The molecule has 2 N–H and O–H groups in total. The molecule has 17 heavy (non-hydrogen) atoms. The molecule has 2 atom stereocenters. The lowest BCUT2D eigenvalue weighted by Crippen LogP contribution is -2.45. The summed E-state index contributed by atoms with van der Waals surface area (Å²) in [5, 5.41) is 0. The number of hydrogen-bond donors (Lipinski definition) is 1. The molecule has 1 aliphatic heterocycles. The summed E-state index contributed by atoms with van der Waals surface area (Å²) in [6.45, 7) is 9.86. The number of likely N-dealkylation sites (tertiary alicyclic amines) is 1. The maximum atomic E-state index is 5.95. The zero-order chi connectivity index (χ0) is 12.7. The molecule has 0 spiro atoms. The average Bonchev–Trinajstić information content (AvgIpc) is 2.30. The van der Waals surface area contributed by atoms with E-state index >= 15 is 0 Å². The Morgan fingerprint density at radius 3 is 2.82 bits per heavy atom. The van der Waals surface area contributed by atoms with Crippen molar-refractivity contribution in [3.8, 4) is 0 Å². The maximum Gasteiger partial charge on any atom is 0.0502 e. The maximum absolute atomic E-state index is 5.95. The molecule has 1 heterocycles. The van der Waals surface area contributed by atoms with E-state index in [1.165, 1.54) is 38.8 Å². The predicted octanol–water partition coefficient (Wildman–Crippen LogP) is 2.11. The molecule has 2 unspecified atom stereocenters. The number of rotatable bonds is 7. The van der Waals surface area contributed by atoms with Crippen LogP contribution in [-0.4, -0.2) is 44.8 Å². The Kier molecular flexibility index (Phi) is 6.45. The van der Waals surface area contributed by atoms with Crippen molar-refractivity contribution in [3.63, 3.8) is 0 Å². The van der Waals surface area contributed by atoms with Crippen molar-refractivity contribution >= 4 is 0 Å². The zero-order valence-electron chi connectivity index (χ0n) is 11.9. The van der Waals surface area contributed by atoms with Gasteiger partial charge in [-0.1, -0.05) is 20.3 Å². The van der Waals surface area contributed by atoms with Crippen molar-refractivity contribution in [2.75, 3.05) is 39.9 Å². The van der Waals surface area contributed by atoms with Crippen LogP contribution in [0.15, 0.2) is 0 Å². The SMILES string of the molecule is CCCC(C)(CN)CN1CCCC(COC)C1. The molecule has 3 nitrogen and oxygen atoms in total. The van der Waals surface area contributed by atoms with E-state index in [4.69, 9.17) is 10.5 Å². The number of nitrogens with two attached hydrogens (primary N) is 1. The van der Waals surface area contributed by atoms with Crippen LogP contribution in [-0.2, 0) is 4.74 Å². The molecule has 0 radical (unpaired) electrons. The summed E-state index contributed by atoms with van der Waals surface area (Å²) in [4.78, 5) is 2.59. The molecular weight excluding hydrogens is 212 g/mol. The average molecular weight is 242 g/mol. The largest absolute Gasteiger partial charge is 0.384 e. The van der Waals surface area contributed by atoms with Crippen LogP contribution in [0.1, 0.15) is 39.5 Å². The topological polar surface area (TPSA) is 38.5 Å². The minimum absolute atomic E-state index is 0.295. The second-order valence-corrected chi connectivity index (χ2v) is 5.96. The normalized spacial score (nSPS) is 25.8. The van der Waals surface area contributed by atoms with Gasteiger partial charge >= 0.3 is 0 Å². The van der Waals surface area contributed by atoms with E-state index in [1.54, 1.807) is 7.11 Å². The van der Waals surface area contributed by atoms with Crippen LogP contribution in [0, 0.1) is 11.3 Å². The van der Waals surface area contributed by atoms with Gasteiger partial charge in [0.25, 0.3) is 0 Å². The fourth-order valence-electron chi connectivity index (χ4n) is 3.06. The first-order valence-electron chi connectivity index (χ1n) is 7.05. The fourth-order valence-corrected chi connectivity index (χ4v) is 3.06. The molecule has 0 saturated carbocycles. The number of nitrogens with zero attached hydrogens (tertiary/aromatic N) is 1. The first-order valence-corrected chi connectivity index (χ1v) is 7.05. The van der Waals surface area contributed by atoms with Crippen molar-refractivity contribution < 1.29 is 4.74 Å². The van der Waals surface area contributed by atoms with Gasteiger partial charge in [-0.05, 0) is 43.7 Å². The molecule has 1 aliphatic rings. The van der Waals surface area contributed by atoms with Crippen LogP contribution in [0.25, 0.3) is 0 Å². The summed E-state index contributed by atoms with van der Waals surface area (Å²) in [7, 11) is 1.81. The highest BCUT2D eigenvalue weighted by atomic mass is 16.5. The van der Waals surface area contributed by atoms with E-state index in [0.29, 0.717) is 5.41 Å². The van der Waals surface area contributed by atoms with Crippen LogP contribution in [0.2, 0.25) is 0 Å². The molecule has 1 fully saturated rings. The van der Waals surface area contributed by atoms with Crippen molar-refractivity contribution in [1.29, 1.82) is 0 Å². The van der Waals surface area contributed by atoms with Crippen molar-refractivity contribution in [2.45, 2.75) is 39.5 Å². The van der Waals surface area contributed by atoms with Crippen LogP contribution in [0.4, 0.5) is 0 Å². The monoisotopic (exact) mass is 242 g/mol. The van der Waals surface area contributed by atoms with E-state index < -0.39 is 0 Å². The molecule has 0 aromatic carbocycles. The van der Waals surface area contributed by atoms with Gasteiger partial charge in [0.15, 0.2) is 0 Å². The van der Waals surface area contributed by atoms with Crippen molar-refractivity contribution in [3.05, 3.63) is 0 Å². The van der Waals surface area contributed by atoms with E-state index in [-0.39, 0.29) is 0 Å². The number of ether oxygens (including phenoxy) is 1. The van der Waals surface area contributed by atoms with Gasteiger partial charge in [-0.25, -0.2) is 0 Å². The van der Waals surface area contributed by atoms with Gasteiger partial charge in [0.05, 0.1) is 6.61 Å². The molecular formula is C14H30N2O. The highest BCUT2D eigenvalue weighted by Crippen LogP contribution is 2.26. The minimum Gasteiger partial charge on any atom is -0.384 e. The lowest BCUT2D eigenvalue weighted by molar-refractivity contribution is 0.0660. The lowest BCUT2D eigenvalue weighted by atomic mass is 9.84. The summed E-state index contributed by atoms with van der Waals surface area (Å²) >= 11 is 0. The molecule has 0 aliphatic carbocycles. The number of methoxy groups -OCH3 is 1. The van der Waals surface area contributed by atoms with Crippen LogP contribution in [0.5, 0.6) is 0 Å². The van der Waals surface area contributed by atoms with Gasteiger partial charge in [0.1, 0.15) is 0 Å². The van der Waals surface area contributed by atoms with Gasteiger partial charge in [-0.15, -0.1) is 0 Å². The highest BCUT2D eigenvalue weighted by molar-refractivity contribution is 4.82. The first-order chi connectivity index (χ1) is 8.13. The molecule has 0 aromatic heterocycles. The standard InChI is InChI=1S/C14H30N2O/c1-4-7-14(2,11-15)12-16-8-5-6-13(9-16)10-17-3/h13H,4-12,15H2,1-3H3. The summed E-state index contributed by atoms with van der Waals surface area (Å²) in [6.07, 6.45) is 5.08. The van der Waals surface area contributed by atoms with Gasteiger partial charge in [-0.2, -0.15) is 0 Å². The minimum atomic E-state index is 0.295. The summed E-state index contributed by atoms with van der Waals surface area (Å²) in [5.41, 5.74) is 6.25. The lowest BCUT2D eigenvalue weighted by Gasteiger charge is -2.39. The molecule has 102 valence electrons. The summed E-state index contributed by atoms with van der Waals surface area (Å²) in [5.74, 6) is 0.720. The fraction of sp³-hybridized carbons (Fsp3) is 1.00. The van der Waals surface area contributed by atoms with Crippen LogP contribution >= 0.6 is 0 Å². The van der Waals surface area contributed by atoms with Crippen LogP contribution in [0.3, 0.4) is 0 Å². The van der Waals surface area contributed by atoms with Gasteiger partial charge < -0.3 is 15.4 Å². The Morgan fingerprint density at radius 1 is 1.47 bits per heavy atom. The van der Waals surface area contributed by atoms with Gasteiger partial charge in [-0.3, -0.25) is 0 Å². The first kappa shape index (κ1) is 14.9. The molecule has 0 bridgehead atoms. The molecule has 3 heteroatoms.